The van der Waals surface area contributed by atoms with Crippen molar-refractivity contribution in [3.05, 3.63) is 12.4 Å². The summed E-state index contributed by atoms with van der Waals surface area (Å²) >= 11 is 0. The molecule has 1 aliphatic carbocycles. The van der Waals surface area contributed by atoms with Gasteiger partial charge in [-0.1, -0.05) is 26.3 Å². The third kappa shape index (κ3) is 3.16. The lowest BCUT2D eigenvalue weighted by Gasteiger charge is -2.26. The highest BCUT2D eigenvalue weighted by Gasteiger charge is 2.17. The molecule has 12 heavy (non-hydrogen) atoms. The van der Waals surface area contributed by atoms with Crippen molar-refractivity contribution in [2.75, 3.05) is 6.54 Å². The highest BCUT2D eigenvalue weighted by Crippen LogP contribution is 2.27. The van der Waals surface area contributed by atoms with Gasteiger partial charge in [-0.3, -0.25) is 0 Å². The van der Waals surface area contributed by atoms with Gasteiger partial charge in [-0.05, 0) is 24.7 Å². The molecule has 3 N–H and O–H groups in total. The van der Waals surface area contributed by atoms with Crippen molar-refractivity contribution in [2.45, 2.75) is 32.6 Å². The van der Waals surface area contributed by atoms with Gasteiger partial charge >= 0.3 is 0 Å². The van der Waals surface area contributed by atoms with E-state index >= 15 is 0 Å². The van der Waals surface area contributed by atoms with Crippen LogP contribution in [0.3, 0.4) is 0 Å². The number of hydrogen-bond acceptors (Lipinski definition) is 2. The third-order valence-corrected chi connectivity index (χ3v) is 2.75. The molecule has 0 aromatic heterocycles. The van der Waals surface area contributed by atoms with E-state index in [9.17, 15) is 0 Å². The summed E-state index contributed by atoms with van der Waals surface area (Å²) in [5.41, 5.74) is 5.43. The largest absolute Gasteiger partial charge is 0.386 e. The van der Waals surface area contributed by atoms with E-state index in [1.807, 2.05) is 0 Å². The van der Waals surface area contributed by atoms with Gasteiger partial charge < -0.3 is 11.1 Å². The molecular formula is C10H20N2. The first-order valence-electron chi connectivity index (χ1n) is 4.86. The highest BCUT2D eigenvalue weighted by atomic mass is 15.0. The molecule has 0 aliphatic heterocycles. The van der Waals surface area contributed by atoms with Crippen LogP contribution in [0.2, 0.25) is 0 Å². The molecule has 0 radical (unpaired) electrons. The molecule has 2 nitrogen and oxygen atoms in total. The molecule has 0 saturated heterocycles. The van der Waals surface area contributed by atoms with Crippen LogP contribution in [0.5, 0.6) is 0 Å². The topological polar surface area (TPSA) is 38.0 Å². The van der Waals surface area contributed by atoms with Gasteiger partial charge in [-0.25, -0.2) is 0 Å². The fourth-order valence-corrected chi connectivity index (χ4v) is 1.81. The van der Waals surface area contributed by atoms with Crippen molar-refractivity contribution in [3.63, 3.8) is 0 Å². The minimum atomic E-state index is 0.605. The van der Waals surface area contributed by atoms with Crippen LogP contribution in [-0.4, -0.2) is 6.54 Å². The monoisotopic (exact) mass is 168 g/mol. The second kappa shape index (κ2) is 4.39. The summed E-state index contributed by atoms with van der Waals surface area (Å²) in [5.74, 6) is 2.36. The second-order valence-corrected chi connectivity index (χ2v) is 4.03. The van der Waals surface area contributed by atoms with E-state index in [-0.39, 0.29) is 0 Å². The van der Waals surface area contributed by atoms with Crippen molar-refractivity contribution in [2.24, 2.45) is 17.6 Å². The van der Waals surface area contributed by atoms with Crippen LogP contribution in [0.15, 0.2) is 12.4 Å². The Labute approximate surface area is 75.2 Å². The van der Waals surface area contributed by atoms with Gasteiger partial charge in [0.2, 0.25) is 0 Å². The van der Waals surface area contributed by atoms with Crippen LogP contribution < -0.4 is 11.1 Å². The molecular weight excluding hydrogens is 148 g/mol. The lowest BCUT2D eigenvalue weighted by atomic mass is 9.83. The summed E-state index contributed by atoms with van der Waals surface area (Å²) in [7, 11) is 0. The fourth-order valence-electron chi connectivity index (χ4n) is 1.81. The van der Waals surface area contributed by atoms with Crippen molar-refractivity contribution >= 4 is 0 Å². The van der Waals surface area contributed by atoms with E-state index in [0.29, 0.717) is 5.82 Å². The Morgan fingerprint density at radius 2 is 2.00 bits per heavy atom. The number of rotatable bonds is 3. The molecule has 2 heteroatoms. The smallest absolute Gasteiger partial charge is 0.0885 e. The molecule has 1 rings (SSSR count). The third-order valence-electron chi connectivity index (χ3n) is 2.75. The predicted octanol–water partition coefficient (Wildman–Crippen LogP) is 1.83. The zero-order valence-electron chi connectivity index (χ0n) is 7.97. The van der Waals surface area contributed by atoms with Gasteiger partial charge in [0.25, 0.3) is 0 Å². The number of nitrogens with one attached hydrogen (secondary N) is 1. The maximum absolute atomic E-state index is 5.43. The van der Waals surface area contributed by atoms with Gasteiger partial charge in [0, 0.05) is 6.54 Å². The highest BCUT2D eigenvalue weighted by molar-refractivity contribution is 4.84. The SMILES string of the molecule is C=C(N)NCC1CCC(C)CC1. The van der Waals surface area contributed by atoms with Crippen LogP contribution in [0.1, 0.15) is 32.6 Å². The molecule has 0 aromatic carbocycles. The van der Waals surface area contributed by atoms with E-state index in [1.54, 1.807) is 0 Å². The molecule has 0 bridgehead atoms. The average Bonchev–Trinajstić information content (AvgIpc) is 2.03. The van der Waals surface area contributed by atoms with Crippen LogP contribution in [-0.2, 0) is 0 Å². The van der Waals surface area contributed by atoms with Gasteiger partial charge in [-0.2, -0.15) is 0 Å². The first-order valence-corrected chi connectivity index (χ1v) is 4.86. The maximum Gasteiger partial charge on any atom is 0.0885 e. The summed E-state index contributed by atoms with van der Waals surface area (Å²) in [6, 6.07) is 0. The van der Waals surface area contributed by atoms with Crippen LogP contribution in [0, 0.1) is 11.8 Å². The zero-order valence-corrected chi connectivity index (χ0v) is 7.97. The molecule has 0 heterocycles. The van der Waals surface area contributed by atoms with E-state index < -0.39 is 0 Å². The number of hydrogen-bond donors (Lipinski definition) is 2. The normalized spacial score (nSPS) is 29.8. The van der Waals surface area contributed by atoms with Crippen molar-refractivity contribution < 1.29 is 0 Å². The van der Waals surface area contributed by atoms with Gasteiger partial charge in [0.1, 0.15) is 0 Å². The van der Waals surface area contributed by atoms with Crippen molar-refractivity contribution in [1.82, 2.24) is 5.32 Å². The maximum atomic E-state index is 5.43. The van der Waals surface area contributed by atoms with Crippen LogP contribution in [0.25, 0.3) is 0 Å². The zero-order chi connectivity index (χ0) is 8.97. The van der Waals surface area contributed by atoms with Gasteiger partial charge in [-0.15, -0.1) is 0 Å². The molecule has 1 fully saturated rings. The molecule has 70 valence electrons. The van der Waals surface area contributed by atoms with Crippen molar-refractivity contribution in [3.8, 4) is 0 Å². The summed E-state index contributed by atoms with van der Waals surface area (Å²) < 4.78 is 0. The van der Waals surface area contributed by atoms with E-state index in [0.717, 1.165) is 18.4 Å². The first-order chi connectivity index (χ1) is 5.68. The molecule has 0 aromatic rings. The van der Waals surface area contributed by atoms with Gasteiger partial charge in [0.15, 0.2) is 0 Å². The predicted molar refractivity (Wildman–Crippen MR) is 52.5 cm³/mol. The van der Waals surface area contributed by atoms with Crippen LogP contribution >= 0.6 is 0 Å². The van der Waals surface area contributed by atoms with Gasteiger partial charge in [0.05, 0.1) is 5.82 Å². The first kappa shape index (κ1) is 9.43. The van der Waals surface area contributed by atoms with E-state index in [1.165, 1.54) is 25.7 Å². The average molecular weight is 168 g/mol. The minimum absolute atomic E-state index is 0.605. The summed E-state index contributed by atoms with van der Waals surface area (Å²) in [6.45, 7) is 6.98. The molecule has 0 amide bonds. The fraction of sp³-hybridized carbons (Fsp3) is 0.800. The molecule has 1 saturated carbocycles. The van der Waals surface area contributed by atoms with E-state index in [2.05, 4.69) is 18.8 Å². The molecule has 0 atom stereocenters. The summed E-state index contributed by atoms with van der Waals surface area (Å²) in [5, 5.41) is 3.11. The second-order valence-electron chi connectivity index (χ2n) is 4.03. The standard InChI is InChI=1S/C10H20N2/c1-8-3-5-10(6-4-8)7-12-9(2)11/h8,10,12H,2-7,11H2,1H3. The summed E-state index contributed by atoms with van der Waals surface area (Å²) in [4.78, 5) is 0. The van der Waals surface area contributed by atoms with Crippen molar-refractivity contribution in [1.29, 1.82) is 0 Å². The Morgan fingerprint density at radius 1 is 1.42 bits per heavy atom. The summed E-state index contributed by atoms with van der Waals surface area (Å²) in [6.07, 6.45) is 5.45. The quantitative estimate of drug-likeness (QED) is 0.674. The Bertz CT molecular complexity index is 146. The van der Waals surface area contributed by atoms with Crippen LogP contribution in [0.4, 0.5) is 0 Å². The lowest BCUT2D eigenvalue weighted by molar-refractivity contribution is 0.286. The Balaban J connectivity index is 2.13. The number of nitrogens with two attached hydrogens (primary N) is 1. The lowest BCUT2D eigenvalue weighted by Crippen LogP contribution is -2.28. The Morgan fingerprint density at radius 3 is 2.50 bits per heavy atom. The Hall–Kier alpha value is -0.660. The van der Waals surface area contributed by atoms with E-state index in [4.69, 9.17) is 5.73 Å². The molecule has 0 unspecified atom stereocenters. The molecule has 1 aliphatic rings. The Kier molecular flexibility index (Phi) is 3.45. The molecule has 0 spiro atoms. The minimum Gasteiger partial charge on any atom is -0.386 e.